The van der Waals surface area contributed by atoms with Crippen LogP contribution in [-0.2, 0) is 12.7 Å². The normalized spacial score (nSPS) is 11.0. The molecule has 0 fully saturated rings. The number of hydrogen-bond acceptors (Lipinski definition) is 3. The van der Waals surface area contributed by atoms with Crippen molar-refractivity contribution in [2.75, 3.05) is 5.32 Å². The third-order valence-electron chi connectivity index (χ3n) is 2.70. The Morgan fingerprint density at radius 1 is 1.24 bits per heavy atom. The molecule has 1 N–H and O–H groups in total. The van der Waals surface area contributed by atoms with E-state index in [1.807, 2.05) is 0 Å². The Bertz CT molecular complexity index is 693. The first-order valence-corrected chi connectivity index (χ1v) is 6.66. The number of halogens is 4. The topological polar surface area (TPSA) is 48.7 Å². The van der Waals surface area contributed by atoms with Crippen molar-refractivity contribution < 1.29 is 13.2 Å². The van der Waals surface area contributed by atoms with Gasteiger partial charge in [-0.1, -0.05) is 6.07 Å². The number of pyridine rings is 1. The van der Waals surface area contributed by atoms with Gasteiger partial charge in [-0.05, 0) is 46.3 Å². The summed E-state index contributed by atoms with van der Waals surface area (Å²) in [5.41, 5.74) is 0.144. The molecule has 0 bridgehead atoms. The van der Waals surface area contributed by atoms with E-state index in [4.69, 9.17) is 5.26 Å². The lowest BCUT2D eigenvalue weighted by molar-refractivity contribution is -0.137. The zero-order chi connectivity index (χ0) is 15.5. The van der Waals surface area contributed by atoms with E-state index < -0.39 is 11.7 Å². The molecule has 2 rings (SSSR count). The van der Waals surface area contributed by atoms with E-state index in [2.05, 4.69) is 26.2 Å². The summed E-state index contributed by atoms with van der Waals surface area (Å²) in [5.74, 6) is 0. The fraction of sp³-hybridized carbons (Fsp3) is 0.143. The third-order valence-corrected chi connectivity index (χ3v) is 3.14. The van der Waals surface area contributed by atoms with Crippen molar-refractivity contribution in [2.45, 2.75) is 12.7 Å². The maximum Gasteiger partial charge on any atom is 0.416 e. The predicted molar refractivity (Wildman–Crippen MR) is 75.4 cm³/mol. The van der Waals surface area contributed by atoms with Crippen molar-refractivity contribution in [3.63, 3.8) is 0 Å². The van der Waals surface area contributed by atoms with E-state index in [1.54, 1.807) is 24.3 Å². The molecule has 1 aromatic carbocycles. The number of nitriles is 1. The molecular formula is C14H9BrF3N3. The first-order valence-electron chi connectivity index (χ1n) is 5.87. The molecule has 0 atom stereocenters. The van der Waals surface area contributed by atoms with Crippen LogP contribution in [0.5, 0.6) is 0 Å². The van der Waals surface area contributed by atoms with Crippen LogP contribution in [-0.4, -0.2) is 4.98 Å². The molecule has 108 valence electrons. The maximum absolute atomic E-state index is 12.6. The lowest BCUT2D eigenvalue weighted by Gasteiger charge is -2.11. The van der Waals surface area contributed by atoms with Gasteiger partial charge in [-0.25, -0.2) is 4.98 Å². The lowest BCUT2D eigenvalue weighted by atomic mass is 10.1. The largest absolute Gasteiger partial charge is 0.416 e. The molecule has 1 aromatic heterocycles. The van der Waals surface area contributed by atoms with Gasteiger partial charge >= 0.3 is 6.18 Å². The Labute approximate surface area is 127 Å². The highest BCUT2D eigenvalue weighted by Crippen LogP contribution is 2.31. The molecule has 0 saturated carbocycles. The number of nitrogens with one attached hydrogen (secondary N) is 1. The van der Waals surface area contributed by atoms with Gasteiger partial charge in [0, 0.05) is 0 Å². The number of rotatable bonds is 3. The Hall–Kier alpha value is -2.07. The average Bonchev–Trinajstić information content (AvgIpc) is 2.44. The number of benzene rings is 1. The second-order valence-corrected chi connectivity index (χ2v) is 4.99. The molecule has 0 unspecified atom stereocenters. The molecule has 0 aliphatic carbocycles. The van der Waals surface area contributed by atoms with Crippen molar-refractivity contribution in [3.05, 3.63) is 57.8 Å². The molecular weight excluding hydrogens is 347 g/mol. The molecule has 1 heterocycles. The Balaban J connectivity index is 2.19. The summed E-state index contributed by atoms with van der Waals surface area (Å²) < 4.78 is 38.4. The molecule has 2 aromatic rings. The smallest absolute Gasteiger partial charge is 0.378 e. The fourth-order valence-corrected chi connectivity index (χ4v) is 2.08. The quantitative estimate of drug-likeness (QED) is 0.832. The molecule has 0 aliphatic rings. The van der Waals surface area contributed by atoms with Crippen molar-refractivity contribution >= 4 is 21.6 Å². The maximum atomic E-state index is 12.6. The predicted octanol–water partition coefficient (Wildman–Crippen LogP) is 4.35. The van der Waals surface area contributed by atoms with E-state index in [9.17, 15) is 13.2 Å². The summed E-state index contributed by atoms with van der Waals surface area (Å²) in [6.45, 7) is 0.305. The van der Waals surface area contributed by atoms with Gasteiger partial charge in [-0.3, -0.25) is 0 Å². The first-order chi connectivity index (χ1) is 9.90. The van der Waals surface area contributed by atoms with Crippen molar-refractivity contribution in [1.29, 1.82) is 5.26 Å². The van der Waals surface area contributed by atoms with Crippen LogP contribution in [0.3, 0.4) is 0 Å². The Morgan fingerprint density at radius 2 is 2.00 bits per heavy atom. The van der Waals surface area contributed by atoms with Crippen molar-refractivity contribution in [2.24, 2.45) is 0 Å². The van der Waals surface area contributed by atoms with Crippen LogP contribution in [0.15, 0.2) is 41.0 Å². The number of aromatic nitrogens is 1. The fourth-order valence-electron chi connectivity index (χ4n) is 1.70. The van der Waals surface area contributed by atoms with E-state index in [0.717, 1.165) is 12.1 Å². The molecule has 3 nitrogen and oxygen atoms in total. The van der Waals surface area contributed by atoms with Crippen LogP contribution in [0.1, 0.15) is 16.8 Å². The lowest BCUT2D eigenvalue weighted by Crippen LogP contribution is -2.07. The monoisotopic (exact) mass is 355 g/mol. The SMILES string of the molecule is N#Cc1cc(C(F)(F)F)ccc1NCc1cccc(Br)n1. The Kier molecular flexibility index (Phi) is 4.48. The van der Waals surface area contributed by atoms with Crippen LogP contribution >= 0.6 is 15.9 Å². The highest BCUT2D eigenvalue weighted by molar-refractivity contribution is 9.10. The zero-order valence-corrected chi connectivity index (χ0v) is 12.2. The molecule has 21 heavy (non-hydrogen) atoms. The Morgan fingerprint density at radius 3 is 2.62 bits per heavy atom. The van der Waals surface area contributed by atoms with Crippen molar-refractivity contribution in [3.8, 4) is 6.07 Å². The summed E-state index contributed by atoms with van der Waals surface area (Å²) in [5, 5.41) is 11.9. The highest BCUT2D eigenvalue weighted by atomic mass is 79.9. The minimum atomic E-state index is -4.46. The van der Waals surface area contributed by atoms with E-state index >= 15 is 0 Å². The zero-order valence-electron chi connectivity index (χ0n) is 10.6. The van der Waals surface area contributed by atoms with Crippen LogP contribution < -0.4 is 5.32 Å². The summed E-state index contributed by atoms with van der Waals surface area (Å²) in [4.78, 5) is 4.19. The standard InChI is InChI=1S/C14H9BrF3N3/c15-13-3-1-2-11(21-13)8-20-12-5-4-10(14(16,17)18)6-9(12)7-19/h1-6,20H,8H2. The molecule has 0 radical (unpaired) electrons. The van der Waals surface area contributed by atoms with Crippen LogP contribution in [0, 0.1) is 11.3 Å². The van der Waals surface area contributed by atoms with Gasteiger partial charge in [0.1, 0.15) is 10.7 Å². The highest BCUT2D eigenvalue weighted by Gasteiger charge is 2.31. The summed E-state index contributed by atoms with van der Waals surface area (Å²) >= 11 is 3.23. The summed E-state index contributed by atoms with van der Waals surface area (Å²) in [6.07, 6.45) is -4.46. The van der Waals surface area contributed by atoms with Crippen molar-refractivity contribution in [1.82, 2.24) is 4.98 Å². The number of alkyl halides is 3. The molecule has 0 saturated heterocycles. The molecule has 7 heteroatoms. The summed E-state index contributed by atoms with van der Waals surface area (Å²) in [7, 11) is 0. The minimum absolute atomic E-state index is 0.0557. The van der Waals surface area contributed by atoms with Gasteiger partial charge in [0.2, 0.25) is 0 Å². The van der Waals surface area contributed by atoms with E-state index in [-0.39, 0.29) is 5.56 Å². The second-order valence-electron chi connectivity index (χ2n) is 4.18. The van der Waals surface area contributed by atoms with Gasteiger partial charge in [0.15, 0.2) is 0 Å². The molecule has 0 aliphatic heterocycles. The van der Waals surface area contributed by atoms with Gasteiger partial charge in [0.25, 0.3) is 0 Å². The van der Waals surface area contributed by atoms with Crippen LogP contribution in [0.2, 0.25) is 0 Å². The average molecular weight is 356 g/mol. The molecule has 0 amide bonds. The van der Waals surface area contributed by atoms with Gasteiger partial charge in [0.05, 0.1) is 29.1 Å². The number of hydrogen-bond donors (Lipinski definition) is 1. The second kappa shape index (κ2) is 6.14. The van der Waals surface area contributed by atoms with Gasteiger partial charge in [-0.15, -0.1) is 0 Å². The first kappa shape index (κ1) is 15.3. The van der Waals surface area contributed by atoms with Crippen LogP contribution in [0.4, 0.5) is 18.9 Å². The van der Waals surface area contributed by atoms with E-state index in [0.29, 0.717) is 22.5 Å². The number of nitrogens with zero attached hydrogens (tertiary/aromatic N) is 2. The number of anilines is 1. The third kappa shape index (κ3) is 3.95. The summed E-state index contributed by atoms with van der Waals surface area (Å²) in [6, 6.07) is 10.1. The van der Waals surface area contributed by atoms with Crippen LogP contribution in [0.25, 0.3) is 0 Å². The van der Waals surface area contributed by atoms with Gasteiger partial charge in [-0.2, -0.15) is 18.4 Å². The molecule has 0 spiro atoms. The van der Waals surface area contributed by atoms with Gasteiger partial charge < -0.3 is 5.32 Å². The minimum Gasteiger partial charge on any atom is -0.378 e. The van der Waals surface area contributed by atoms with E-state index in [1.165, 1.54) is 6.07 Å².